The van der Waals surface area contributed by atoms with Gasteiger partial charge >= 0.3 is 0 Å². The van der Waals surface area contributed by atoms with E-state index in [2.05, 4.69) is 15.4 Å². The Hall–Kier alpha value is -1.97. The van der Waals surface area contributed by atoms with E-state index in [0.717, 1.165) is 0 Å². The molecule has 2 heterocycles. The van der Waals surface area contributed by atoms with E-state index in [9.17, 15) is 8.42 Å². The summed E-state index contributed by atoms with van der Waals surface area (Å²) in [7, 11) is -1.68. The molecule has 0 amide bonds. The first-order valence-corrected chi connectivity index (χ1v) is 9.20. The number of rotatable bonds is 5. The monoisotopic (exact) mass is 351 g/mol. The van der Waals surface area contributed by atoms with E-state index in [0.29, 0.717) is 31.2 Å². The molecule has 9 heteroatoms. The third kappa shape index (κ3) is 3.58. The van der Waals surface area contributed by atoms with Gasteiger partial charge in [0.2, 0.25) is 10.0 Å². The Kier molecular flexibility index (Phi) is 4.83. The molecule has 130 valence electrons. The number of aromatic nitrogens is 3. The van der Waals surface area contributed by atoms with Crippen LogP contribution in [0.5, 0.6) is 5.75 Å². The smallest absolute Gasteiger partial charge is 0.243 e. The van der Waals surface area contributed by atoms with E-state index in [-0.39, 0.29) is 17.5 Å². The second kappa shape index (κ2) is 6.88. The first kappa shape index (κ1) is 16.9. The van der Waals surface area contributed by atoms with Crippen LogP contribution in [-0.4, -0.2) is 53.2 Å². The summed E-state index contributed by atoms with van der Waals surface area (Å²) in [4.78, 5) is 4.35. The van der Waals surface area contributed by atoms with Gasteiger partial charge < -0.3 is 10.1 Å². The average Bonchev–Trinajstić information content (AvgIpc) is 2.98. The lowest BCUT2D eigenvalue weighted by Gasteiger charge is -2.31. The SMILES string of the molecule is C[C@@H]1CN(S(=O)(=O)c2ccc(OCc3ncnn3C)cc2)CCN1. The van der Waals surface area contributed by atoms with E-state index in [1.165, 1.54) is 10.6 Å². The van der Waals surface area contributed by atoms with Crippen molar-refractivity contribution in [1.29, 1.82) is 0 Å². The van der Waals surface area contributed by atoms with Gasteiger partial charge in [-0.3, -0.25) is 4.68 Å². The van der Waals surface area contributed by atoms with Crippen LogP contribution in [0.2, 0.25) is 0 Å². The van der Waals surface area contributed by atoms with Gasteiger partial charge in [-0.05, 0) is 31.2 Å². The molecule has 1 aliphatic heterocycles. The van der Waals surface area contributed by atoms with Crippen molar-refractivity contribution in [1.82, 2.24) is 24.4 Å². The van der Waals surface area contributed by atoms with Crippen molar-refractivity contribution in [3.05, 3.63) is 36.4 Å². The third-order valence-electron chi connectivity index (χ3n) is 3.97. The molecule has 1 N–H and O–H groups in total. The predicted molar refractivity (Wildman–Crippen MR) is 88.0 cm³/mol. The zero-order valence-corrected chi connectivity index (χ0v) is 14.5. The van der Waals surface area contributed by atoms with E-state index in [1.807, 2.05) is 6.92 Å². The number of hydrogen-bond donors (Lipinski definition) is 1. The van der Waals surface area contributed by atoms with Gasteiger partial charge in [0.1, 0.15) is 18.7 Å². The molecular formula is C15H21N5O3S. The van der Waals surface area contributed by atoms with Crippen molar-refractivity contribution in [3.63, 3.8) is 0 Å². The van der Waals surface area contributed by atoms with Gasteiger partial charge in [-0.15, -0.1) is 0 Å². The fraction of sp³-hybridized carbons (Fsp3) is 0.467. The highest BCUT2D eigenvalue weighted by atomic mass is 32.2. The largest absolute Gasteiger partial charge is 0.486 e. The Morgan fingerprint density at radius 2 is 2.08 bits per heavy atom. The summed E-state index contributed by atoms with van der Waals surface area (Å²) in [5, 5.41) is 7.21. The van der Waals surface area contributed by atoms with Crippen LogP contribution >= 0.6 is 0 Å². The number of aryl methyl sites for hydroxylation is 1. The summed E-state index contributed by atoms with van der Waals surface area (Å²) in [6, 6.07) is 6.63. The number of ether oxygens (including phenoxy) is 1. The van der Waals surface area contributed by atoms with Crippen molar-refractivity contribution in [2.75, 3.05) is 19.6 Å². The minimum absolute atomic E-state index is 0.155. The van der Waals surface area contributed by atoms with Gasteiger partial charge in [-0.25, -0.2) is 13.4 Å². The Balaban J connectivity index is 1.68. The molecule has 24 heavy (non-hydrogen) atoms. The van der Waals surface area contributed by atoms with E-state index < -0.39 is 10.0 Å². The van der Waals surface area contributed by atoms with Crippen LogP contribution in [0.3, 0.4) is 0 Å². The molecule has 0 unspecified atom stereocenters. The molecule has 1 aliphatic rings. The lowest BCUT2D eigenvalue weighted by Crippen LogP contribution is -2.51. The quantitative estimate of drug-likeness (QED) is 0.837. The van der Waals surface area contributed by atoms with Crippen molar-refractivity contribution < 1.29 is 13.2 Å². The zero-order valence-electron chi connectivity index (χ0n) is 13.7. The average molecular weight is 351 g/mol. The van der Waals surface area contributed by atoms with Crippen molar-refractivity contribution in [2.24, 2.45) is 7.05 Å². The molecule has 0 radical (unpaired) electrons. The molecule has 8 nitrogen and oxygen atoms in total. The summed E-state index contributed by atoms with van der Waals surface area (Å²) in [6.07, 6.45) is 1.46. The van der Waals surface area contributed by atoms with Crippen LogP contribution in [0.1, 0.15) is 12.7 Å². The predicted octanol–water partition coefficient (Wildman–Crippen LogP) is 0.377. The number of sulfonamides is 1. The Morgan fingerprint density at radius 3 is 2.71 bits per heavy atom. The fourth-order valence-corrected chi connectivity index (χ4v) is 4.10. The topological polar surface area (TPSA) is 89.3 Å². The minimum atomic E-state index is -3.47. The standard InChI is InChI=1S/C15H21N5O3S/c1-12-9-20(8-7-16-12)24(21,22)14-5-3-13(4-6-14)23-10-15-17-11-18-19(15)2/h3-6,11-12,16H,7-10H2,1-2H3/t12-/m1/s1. The molecule has 1 fully saturated rings. The first-order valence-electron chi connectivity index (χ1n) is 7.76. The van der Waals surface area contributed by atoms with Gasteiger partial charge in [-0.2, -0.15) is 9.40 Å². The maximum absolute atomic E-state index is 12.7. The third-order valence-corrected chi connectivity index (χ3v) is 5.85. The number of hydrogen-bond acceptors (Lipinski definition) is 6. The molecular weight excluding hydrogens is 330 g/mol. The maximum atomic E-state index is 12.7. The maximum Gasteiger partial charge on any atom is 0.243 e. The van der Waals surface area contributed by atoms with Crippen LogP contribution in [0.25, 0.3) is 0 Å². The highest BCUT2D eigenvalue weighted by Gasteiger charge is 2.28. The Bertz CT molecular complexity index is 788. The van der Waals surface area contributed by atoms with Crippen LogP contribution in [-0.2, 0) is 23.7 Å². The second-order valence-corrected chi connectivity index (χ2v) is 7.72. The van der Waals surface area contributed by atoms with Gasteiger partial charge in [0.05, 0.1) is 4.90 Å². The van der Waals surface area contributed by atoms with E-state index in [4.69, 9.17) is 4.74 Å². The van der Waals surface area contributed by atoms with Crippen molar-refractivity contribution in [3.8, 4) is 5.75 Å². The van der Waals surface area contributed by atoms with Crippen LogP contribution in [0, 0.1) is 0 Å². The molecule has 0 saturated carbocycles. The van der Waals surface area contributed by atoms with Gasteiger partial charge in [0.25, 0.3) is 0 Å². The van der Waals surface area contributed by atoms with E-state index >= 15 is 0 Å². The number of piperazine rings is 1. The molecule has 0 aliphatic carbocycles. The van der Waals surface area contributed by atoms with Gasteiger partial charge in [0, 0.05) is 32.7 Å². The summed E-state index contributed by atoms with van der Waals surface area (Å²) >= 11 is 0. The molecule has 1 aromatic heterocycles. The summed E-state index contributed by atoms with van der Waals surface area (Å²) < 4.78 is 34.1. The zero-order chi connectivity index (χ0) is 17.2. The van der Waals surface area contributed by atoms with Crippen LogP contribution in [0.15, 0.2) is 35.5 Å². The highest BCUT2D eigenvalue weighted by Crippen LogP contribution is 2.21. The molecule has 2 aromatic rings. The van der Waals surface area contributed by atoms with Crippen LogP contribution in [0.4, 0.5) is 0 Å². The van der Waals surface area contributed by atoms with Crippen molar-refractivity contribution >= 4 is 10.0 Å². The molecule has 0 bridgehead atoms. The normalized spacial score (nSPS) is 19.3. The molecule has 3 rings (SSSR count). The Labute approximate surface area is 141 Å². The van der Waals surface area contributed by atoms with E-state index in [1.54, 1.807) is 36.0 Å². The molecule has 1 atom stereocenters. The summed E-state index contributed by atoms with van der Waals surface area (Å²) in [5.41, 5.74) is 0. The molecule has 0 spiro atoms. The number of nitrogens with one attached hydrogen (secondary N) is 1. The van der Waals surface area contributed by atoms with Gasteiger partial charge in [-0.1, -0.05) is 0 Å². The fourth-order valence-electron chi connectivity index (χ4n) is 2.57. The lowest BCUT2D eigenvalue weighted by molar-refractivity contribution is 0.289. The molecule has 1 saturated heterocycles. The summed E-state index contributed by atoms with van der Waals surface area (Å²) in [6.45, 7) is 3.88. The minimum Gasteiger partial charge on any atom is -0.486 e. The number of nitrogens with zero attached hydrogens (tertiary/aromatic N) is 4. The number of benzene rings is 1. The second-order valence-electron chi connectivity index (χ2n) is 5.78. The van der Waals surface area contributed by atoms with Crippen molar-refractivity contribution in [2.45, 2.75) is 24.5 Å². The summed E-state index contributed by atoms with van der Waals surface area (Å²) in [5.74, 6) is 1.28. The lowest BCUT2D eigenvalue weighted by atomic mass is 10.3. The first-order chi connectivity index (χ1) is 11.5. The highest BCUT2D eigenvalue weighted by molar-refractivity contribution is 7.89. The van der Waals surface area contributed by atoms with Crippen LogP contribution < -0.4 is 10.1 Å². The van der Waals surface area contributed by atoms with Gasteiger partial charge in [0.15, 0.2) is 5.82 Å². The molecule has 1 aromatic carbocycles. The Morgan fingerprint density at radius 1 is 1.33 bits per heavy atom.